The smallest absolute Gasteiger partial charge is 0.456 e. The van der Waals surface area contributed by atoms with Gasteiger partial charge in [-0.1, -0.05) is 84.0 Å². The molecule has 0 heterocycles. The van der Waals surface area contributed by atoms with Crippen molar-refractivity contribution < 1.29 is 89.7 Å². The molecule has 55 heavy (non-hydrogen) atoms. The number of carbonyl (C=O) groups excluding carboxylic acids is 2. The Hall–Kier alpha value is -3.24. The monoisotopic (exact) mass is 835 g/mol. The molecule has 0 amide bonds. The predicted octanol–water partition coefficient (Wildman–Crippen LogP) is 4.38. The summed E-state index contributed by atoms with van der Waals surface area (Å²) >= 11 is 0. The molecule has 1 fully saturated rings. The minimum Gasteiger partial charge on any atom is -0.456 e. The Morgan fingerprint density at radius 1 is 0.673 bits per heavy atom. The van der Waals surface area contributed by atoms with Crippen molar-refractivity contribution in [3.8, 4) is 59.7 Å². The molecule has 0 aromatic carbocycles. The molecule has 1 saturated carbocycles. The number of aliphatic hydroxyl groups excluding tert-OH is 4. The van der Waals surface area contributed by atoms with Crippen LogP contribution in [0.5, 0.6) is 0 Å². The second kappa shape index (κ2) is 29.1. The highest BCUT2D eigenvalue weighted by molar-refractivity contribution is 7.47. The van der Waals surface area contributed by atoms with Gasteiger partial charge in [-0.3, -0.25) is 18.4 Å². The Kier molecular flexibility index (Phi) is 27.4. The van der Waals surface area contributed by atoms with E-state index in [1.165, 1.54) is 44.9 Å². The van der Waals surface area contributed by atoms with E-state index in [1.54, 1.807) is 0 Å². The SMILES string of the molecule is C#CC#CC#CC#CC#CC(=O)OC[C@H](COP(=O)(O)OC1C(O)C(OP(=O)(O)O)[C@H](O)C(O)[C@@H]1O)OC(=O)CCCCCCCCCCCCCCC.N.[HH].[HH].[HH].[HH].[HH].[HH].[HH].[HH].[HH]. The average molecular weight is 836 g/mol. The van der Waals surface area contributed by atoms with Crippen LogP contribution in [0.25, 0.3) is 0 Å². The molecule has 17 nitrogen and oxygen atoms in total. The minimum atomic E-state index is -5.38. The van der Waals surface area contributed by atoms with Crippen molar-refractivity contribution in [1.82, 2.24) is 6.15 Å². The van der Waals surface area contributed by atoms with Crippen molar-refractivity contribution in [2.24, 2.45) is 0 Å². The number of aliphatic hydroxyl groups is 4. The molecule has 8 atom stereocenters. The van der Waals surface area contributed by atoms with Crippen molar-refractivity contribution in [2.45, 2.75) is 140 Å². The van der Waals surface area contributed by atoms with Crippen LogP contribution in [0, 0.1) is 59.7 Å². The van der Waals surface area contributed by atoms with Gasteiger partial charge in [-0.15, -0.1) is 6.42 Å². The van der Waals surface area contributed by atoms with Gasteiger partial charge in [-0.2, -0.15) is 0 Å². The number of hydrogen-bond acceptors (Lipinski definition) is 14. The lowest BCUT2D eigenvalue weighted by molar-refractivity contribution is -0.216. The van der Waals surface area contributed by atoms with E-state index in [2.05, 4.69) is 58.8 Å². The van der Waals surface area contributed by atoms with Crippen LogP contribution in [0.4, 0.5) is 0 Å². The Labute approximate surface area is 336 Å². The molecular weight excluding hydrogens is 764 g/mol. The van der Waals surface area contributed by atoms with Gasteiger partial charge in [0.1, 0.15) is 43.2 Å². The molecular formula is C36H71NO16P2. The number of terminal acetylenes is 1. The first-order valence-electron chi connectivity index (χ1n) is 17.6. The van der Waals surface area contributed by atoms with Gasteiger partial charge in [-0.05, 0) is 53.8 Å². The van der Waals surface area contributed by atoms with E-state index in [0.29, 0.717) is 6.42 Å². The zero-order valence-corrected chi connectivity index (χ0v) is 32.6. The van der Waals surface area contributed by atoms with E-state index in [0.717, 1.165) is 32.1 Å². The zero-order valence-electron chi connectivity index (χ0n) is 30.8. The molecule has 1 aliphatic carbocycles. The van der Waals surface area contributed by atoms with Gasteiger partial charge in [0.15, 0.2) is 6.10 Å². The molecule has 0 saturated heterocycles. The Balaban J connectivity index is -0.000000364. The molecule has 5 unspecified atom stereocenters. The second-order valence-corrected chi connectivity index (χ2v) is 14.8. The van der Waals surface area contributed by atoms with E-state index in [4.69, 9.17) is 34.7 Å². The molecule has 0 radical (unpaired) electrons. The Morgan fingerprint density at radius 2 is 1.15 bits per heavy atom. The maximum Gasteiger partial charge on any atom is 0.472 e. The van der Waals surface area contributed by atoms with Crippen LogP contribution in [0.3, 0.4) is 0 Å². The van der Waals surface area contributed by atoms with Crippen molar-refractivity contribution in [2.75, 3.05) is 13.2 Å². The summed E-state index contributed by atoms with van der Waals surface area (Å²) in [4.78, 5) is 53.3. The molecule has 0 bridgehead atoms. The van der Waals surface area contributed by atoms with E-state index < -0.39 is 83.5 Å². The average Bonchev–Trinajstić information content (AvgIpc) is 3.11. The van der Waals surface area contributed by atoms with Crippen LogP contribution >= 0.6 is 15.6 Å². The predicted molar refractivity (Wildman–Crippen MR) is 217 cm³/mol. The lowest BCUT2D eigenvalue weighted by Gasteiger charge is -2.43. The lowest BCUT2D eigenvalue weighted by atomic mass is 9.85. The number of carbonyl (C=O) groups is 2. The third kappa shape index (κ3) is 24.1. The van der Waals surface area contributed by atoms with E-state index in [1.807, 2.05) is 5.92 Å². The number of unbranched alkanes of at least 4 members (excludes halogenated alkanes) is 12. The van der Waals surface area contributed by atoms with Gasteiger partial charge in [0, 0.05) is 25.2 Å². The molecule has 10 N–H and O–H groups in total. The third-order valence-corrected chi connectivity index (χ3v) is 9.28. The highest BCUT2D eigenvalue weighted by Crippen LogP contribution is 2.49. The summed E-state index contributed by atoms with van der Waals surface area (Å²) in [5.74, 6) is 18.2. The van der Waals surface area contributed by atoms with Crippen molar-refractivity contribution in [3.63, 3.8) is 0 Å². The Morgan fingerprint density at radius 3 is 1.65 bits per heavy atom. The summed E-state index contributed by atoms with van der Waals surface area (Å²) < 4.78 is 48.3. The maximum absolute atomic E-state index is 12.8. The van der Waals surface area contributed by atoms with Crippen LogP contribution in [-0.4, -0.2) is 103 Å². The summed E-state index contributed by atoms with van der Waals surface area (Å²) in [5.41, 5.74) is 0. The van der Waals surface area contributed by atoms with Gasteiger partial charge in [0.05, 0.1) is 6.61 Å². The highest BCUT2D eigenvalue weighted by Gasteiger charge is 2.54. The number of ether oxygens (including phenoxy) is 2. The van der Waals surface area contributed by atoms with Gasteiger partial charge < -0.3 is 50.7 Å². The summed E-state index contributed by atoms with van der Waals surface area (Å²) in [6.07, 6.45) is 3.94. The highest BCUT2D eigenvalue weighted by atomic mass is 31.2. The number of phosphoric acid groups is 2. The Bertz CT molecular complexity index is 1600. The maximum atomic E-state index is 12.8. The lowest BCUT2D eigenvalue weighted by Crippen LogP contribution is -2.64. The number of phosphoric ester groups is 2. The van der Waals surface area contributed by atoms with Crippen molar-refractivity contribution in [1.29, 1.82) is 0 Å². The van der Waals surface area contributed by atoms with Gasteiger partial charge in [0.25, 0.3) is 0 Å². The van der Waals surface area contributed by atoms with Crippen LogP contribution < -0.4 is 6.15 Å². The summed E-state index contributed by atoms with van der Waals surface area (Å²) in [6.45, 7) is 0.531. The van der Waals surface area contributed by atoms with Crippen LogP contribution in [0.15, 0.2) is 0 Å². The molecule has 0 aliphatic heterocycles. The molecule has 0 aromatic rings. The van der Waals surface area contributed by atoms with Crippen LogP contribution in [0.1, 0.15) is 110 Å². The minimum absolute atomic E-state index is 0. The number of rotatable bonds is 24. The van der Waals surface area contributed by atoms with E-state index >= 15 is 0 Å². The third-order valence-electron chi connectivity index (χ3n) is 7.78. The number of hydrogen-bond donors (Lipinski definition) is 8. The van der Waals surface area contributed by atoms with Gasteiger partial charge in [-0.25, -0.2) is 13.9 Å². The fourth-order valence-electron chi connectivity index (χ4n) is 5.08. The summed E-state index contributed by atoms with van der Waals surface area (Å²) in [6, 6.07) is 0. The van der Waals surface area contributed by atoms with Crippen LogP contribution in [0.2, 0.25) is 0 Å². The van der Waals surface area contributed by atoms with Gasteiger partial charge in [0.2, 0.25) is 0 Å². The quantitative estimate of drug-likeness (QED) is 0.0220. The van der Waals surface area contributed by atoms with E-state index in [-0.39, 0.29) is 25.4 Å². The van der Waals surface area contributed by atoms with Crippen LogP contribution in [-0.2, 0) is 41.8 Å². The summed E-state index contributed by atoms with van der Waals surface area (Å²) in [5, 5.41) is 40.8. The normalized spacial score (nSPS) is 21.7. The number of esters is 2. The first kappa shape index (κ1) is 51.8. The molecule has 0 aromatic heterocycles. The second-order valence-electron chi connectivity index (χ2n) is 12.2. The van der Waals surface area contributed by atoms with E-state index in [9.17, 15) is 44.0 Å². The fraction of sp³-hybridized carbons (Fsp3) is 0.667. The zero-order chi connectivity index (χ0) is 40.4. The molecule has 326 valence electrons. The largest absolute Gasteiger partial charge is 0.472 e. The molecule has 0 spiro atoms. The first-order valence-corrected chi connectivity index (χ1v) is 20.6. The summed E-state index contributed by atoms with van der Waals surface area (Å²) in [7, 11) is -10.7. The topological polar surface area (TPSA) is 291 Å². The first-order chi connectivity index (χ1) is 25.6. The molecule has 1 aliphatic rings. The van der Waals surface area contributed by atoms with Gasteiger partial charge >= 0.3 is 27.6 Å². The van der Waals surface area contributed by atoms with Crippen molar-refractivity contribution in [3.05, 3.63) is 0 Å². The fourth-order valence-corrected chi connectivity index (χ4v) is 6.62. The molecule has 1 rings (SSSR count). The van der Waals surface area contributed by atoms with Crippen molar-refractivity contribution >= 4 is 27.6 Å². The standard InChI is InChI=1S/C36H50O16P2.H3N.9H2/c1-3-5-7-9-11-13-14-15-16-17-19-21-23-25-30(38)50-28(26-48-29(37)24-22-20-18-12-10-8-6-4-2)27-49-54(46,47)52-36-33(41)31(39)32(40)35(34(36)42)51-53(43,44)45;;;;;;;;;;/h2,28,31-36,39-42H,3,5,7,9,11,13-17,19,21,23,25-27H2,1H3,(H,46,47)(H2,43,44,45);1H3;9*1H/t28-,31?,32-,33+,34?,35?,36?;;;;;;;;;;/m1........../s1. The molecule has 19 heteroatoms.